The van der Waals surface area contributed by atoms with Crippen molar-refractivity contribution in [3.8, 4) is 5.75 Å². The molecule has 0 heterocycles. The SMILES string of the molecule is CC(C[C@H](Cc1ccc(O)c(NC(=O)C(NC(=O)OCc2ccccc2)C(C)C)c1)NC(=O)OC(C)(C)C)C(=O)OC(C)(C)C. The van der Waals surface area contributed by atoms with Gasteiger partial charge >= 0.3 is 18.2 Å². The van der Waals surface area contributed by atoms with Crippen LogP contribution in [0.5, 0.6) is 5.75 Å². The first-order valence-corrected chi connectivity index (χ1v) is 15.2. The van der Waals surface area contributed by atoms with Gasteiger partial charge in [-0.3, -0.25) is 9.59 Å². The molecule has 0 saturated heterocycles. The molecule has 0 aliphatic carbocycles. The molecule has 3 atom stereocenters. The fourth-order valence-corrected chi connectivity index (χ4v) is 4.32. The van der Waals surface area contributed by atoms with E-state index in [1.54, 1.807) is 74.4 Å². The highest BCUT2D eigenvalue weighted by atomic mass is 16.6. The first-order chi connectivity index (χ1) is 20.8. The smallest absolute Gasteiger partial charge is 0.408 e. The van der Waals surface area contributed by atoms with Crippen molar-refractivity contribution < 1.29 is 38.5 Å². The number of carbonyl (C=O) groups is 4. The van der Waals surface area contributed by atoms with Crippen LogP contribution in [0, 0.1) is 11.8 Å². The molecule has 11 heteroatoms. The maximum absolute atomic E-state index is 13.2. The third-order valence-corrected chi connectivity index (χ3v) is 6.40. The zero-order valence-corrected chi connectivity index (χ0v) is 27.9. The predicted octanol–water partition coefficient (Wildman–Crippen LogP) is 6.09. The lowest BCUT2D eigenvalue weighted by molar-refractivity contribution is -0.159. The summed E-state index contributed by atoms with van der Waals surface area (Å²) in [5, 5.41) is 18.7. The number of anilines is 1. The highest BCUT2D eigenvalue weighted by molar-refractivity contribution is 5.97. The third-order valence-electron chi connectivity index (χ3n) is 6.40. The van der Waals surface area contributed by atoms with Gasteiger partial charge in [-0.2, -0.15) is 0 Å². The van der Waals surface area contributed by atoms with Crippen LogP contribution in [0.1, 0.15) is 79.9 Å². The van der Waals surface area contributed by atoms with E-state index >= 15 is 0 Å². The maximum Gasteiger partial charge on any atom is 0.408 e. The number of carbonyl (C=O) groups excluding carboxylic acids is 4. The Balaban J connectivity index is 2.18. The fraction of sp³-hybridized carbons (Fsp3) is 0.529. The van der Waals surface area contributed by atoms with Gasteiger partial charge in [0, 0.05) is 6.04 Å². The molecule has 2 rings (SSSR count). The predicted molar refractivity (Wildman–Crippen MR) is 172 cm³/mol. The third kappa shape index (κ3) is 13.9. The monoisotopic (exact) mass is 627 g/mol. The average molecular weight is 628 g/mol. The highest BCUT2D eigenvalue weighted by Gasteiger charge is 2.28. The van der Waals surface area contributed by atoms with Gasteiger partial charge in [0.15, 0.2) is 0 Å². The van der Waals surface area contributed by atoms with Crippen LogP contribution < -0.4 is 16.0 Å². The van der Waals surface area contributed by atoms with Gasteiger partial charge in [-0.1, -0.05) is 57.2 Å². The normalized spacial score (nSPS) is 13.6. The number of rotatable bonds is 12. The highest BCUT2D eigenvalue weighted by Crippen LogP contribution is 2.27. The molecule has 0 saturated carbocycles. The van der Waals surface area contributed by atoms with Gasteiger partial charge in [0.05, 0.1) is 11.6 Å². The summed E-state index contributed by atoms with van der Waals surface area (Å²) in [4.78, 5) is 51.1. The number of aromatic hydroxyl groups is 1. The van der Waals surface area contributed by atoms with Crippen LogP contribution in [0.2, 0.25) is 0 Å². The summed E-state index contributed by atoms with van der Waals surface area (Å²) in [6.45, 7) is 15.9. The van der Waals surface area contributed by atoms with Crippen LogP contribution in [-0.2, 0) is 36.8 Å². The Labute approximate surface area is 266 Å². The lowest BCUT2D eigenvalue weighted by atomic mass is 9.95. The van der Waals surface area contributed by atoms with Crippen molar-refractivity contribution in [2.45, 2.75) is 105 Å². The number of amides is 3. The van der Waals surface area contributed by atoms with E-state index in [1.165, 1.54) is 6.07 Å². The second kappa shape index (κ2) is 16.2. The number of phenols is 1. The number of benzene rings is 2. The molecule has 0 spiro atoms. The van der Waals surface area contributed by atoms with Gasteiger partial charge in [-0.15, -0.1) is 0 Å². The molecule has 45 heavy (non-hydrogen) atoms. The quantitative estimate of drug-likeness (QED) is 0.125. The largest absolute Gasteiger partial charge is 0.506 e. The first kappa shape index (κ1) is 36.9. The molecule has 248 valence electrons. The first-order valence-electron chi connectivity index (χ1n) is 15.2. The standard InChI is InChI=1S/C34H49N3O8/c1-21(2)28(37-31(41)43-20-23-13-11-10-12-14-23)29(39)36-26-19-24(15-16-27(26)38)18-25(35-32(42)45-34(7,8)9)17-22(3)30(40)44-33(4,5)6/h10-16,19,21-22,25,28,38H,17-18,20H2,1-9H3,(H,35,42)(H,36,39)(H,37,41)/t22?,25-,28?/m1/s1. The van der Waals surface area contributed by atoms with Gasteiger partial charge < -0.3 is 35.3 Å². The fourth-order valence-electron chi connectivity index (χ4n) is 4.32. The molecule has 2 aromatic carbocycles. The number of alkyl carbamates (subject to hydrolysis) is 2. The molecule has 0 aliphatic rings. The van der Waals surface area contributed by atoms with Crippen molar-refractivity contribution in [3.05, 3.63) is 59.7 Å². The number of ether oxygens (including phenoxy) is 3. The lowest BCUT2D eigenvalue weighted by Crippen LogP contribution is -2.47. The summed E-state index contributed by atoms with van der Waals surface area (Å²) in [6, 6.07) is 12.3. The van der Waals surface area contributed by atoms with E-state index in [2.05, 4.69) is 16.0 Å². The van der Waals surface area contributed by atoms with Gasteiger partial charge in [0.25, 0.3) is 0 Å². The van der Waals surface area contributed by atoms with Crippen LogP contribution in [-0.4, -0.2) is 52.5 Å². The summed E-state index contributed by atoms with van der Waals surface area (Å²) in [7, 11) is 0. The minimum atomic E-state index is -0.951. The summed E-state index contributed by atoms with van der Waals surface area (Å²) >= 11 is 0. The van der Waals surface area contributed by atoms with E-state index in [4.69, 9.17) is 14.2 Å². The van der Waals surface area contributed by atoms with E-state index in [9.17, 15) is 24.3 Å². The Bertz CT molecular complexity index is 1300. The van der Waals surface area contributed by atoms with E-state index in [-0.39, 0.29) is 36.8 Å². The van der Waals surface area contributed by atoms with Crippen molar-refractivity contribution in [3.63, 3.8) is 0 Å². The van der Waals surface area contributed by atoms with Crippen LogP contribution in [0.3, 0.4) is 0 Å². The number of hydrogen-bond acceptors (Lipinski definition) is 8. The number of esters is 1. The van der Waals surface area contributed by atoms with E-state index in [0.717, 1.165) is 5.56 Å². The molecular formula is C34H49N3O8. The van der Waals surface area contributed by atoms with Crippen LogP contribution in [0.4, 0.5) is 15.3 Å². The molecule has 0 fully saturated rings. The van der Waals surface area contributed by atoms with Crippen LogP contribution in [0.15, 0.2) is 48.5 Å². The molecule has 4 N–H and O–H groups in total. The Kier molecular flexibility index (Phi) is 13.2. The Morgan fingerprint density at radius 3 is 2.00 bits per heavy atom. The van der Waals surface area contributed by atoms with E-state index in [0.29, 0.717) is 5.56 Å². The molecule has 0 aliphatic heterocycles. The second-order valence-electron chi connectivity index (χ2n) is 13.5. The molecule has 3 amide bonds. The average Bonchev–Trinajstić information content (AvgIpc) is 2.90. The molecule has 0 aromatic heterocycles. The Hall–Kier alpha value is -4.28. The second-order valence-corrected chi connectivity index (χ2v) is 13.5. The Morgan fingerprint density at radius 1 is 0.800 bits per heavy atom. The number of hydrogen-bond donors (Lipinski definition) is 4. The lowest BCUT2D eigenvalue weighted by Gasteiger charge is -2.27. The number of phenolic OH excluding ortho intramolecular Hbond substituents is 1. The van der Waals surface area contributed by atoms with Crippen molar-refractivity contribution in [2.75, 3.05) is 5.32 Å². The molecule has 0 bridgehead atoms. The van der Waals surface area contributed by atoms with Crippen LogP contribution >= 0.6 is 0 Å². The van der Waals surface area contributed by atoms with Crippen LogP contribution in [0.25, 0.3) is 0 Å². The van der Waals surface area contributed by atoms with Gasteiger partial charge in [-0.05, 0) is 83.6 Å². The van der Waals surface area contributed by atoms with Gasteiger partial charge in [-0.25, -0.2) is 9.59 Å². The molecule has 0 radical (unpaired) electrons. The topological polar surface area (TPSA) is 152 Å². The summed E-state index contributed by atoms with van der Waals surface area (Å²) in [5.41, 5.74) is 0.205. The van der Waals surface area contributed by atoms with E-state index in [1.807, 2.05) is 30.3 Å². The van der Waals surface area contributed by atoms with Crippen molar-refractivity contribution in [2.24, 2.45) is 11.8 Å². The zero-order chi connectivity index (χ0) is 33.9. The molecule has 2 unspecified atom stereocenters. The van der Waals surface area contributed by atoms with Gasteiger partial charge in [0.1, 0.15) is 29.6 Å². The summed E-state index contributed by atoms with van der Waals surface area (Å²) in [5.74, 6) is -1.96. The number of nitrogens with one attached hydrogen (secondary N) is 3. The maximum atomic E-state index is 13.2. The summed E-state index contributed by atoms with van der Waals surface area (Å²) in [6.07, 6.45) is -0.879. The Morgan fingerprint density at radius 2 is 1.42 bits per heavy atom. The molecule has 2 aromatic rings. The zero-order valence-electron chi connectivity index (χ0n) is 27.9. The van der Waals surface area contributed by atoms with Gasteiger partial charge in [0.2, 0.25) is 5.91 Å². The van der Waals surface area contributed by atoms with Crippen molar-refractivity contribution >= 4 is 29.8 Å². The van der Waals surface area contributed by atoms with E-state index < -0.39 is 53.3 Å². The molecular weight excluding hydrogens is 578 g/mol. The summed E-state index contributed by atoms with van der Waals surface area (Å²) < 4.78 is 16.2. The minimum absolute atomic E-state index is 0.0486. The minimum Gasteiger partial charge on any atom is -0.506 e. The molecule has 11 nitrogen and oxygen atoms in total. The van der Waals surface area contributed by atoms with Crippen molar-refractivity contribution in [1.82, 2.24) is 10.6 Å². The van der Waals surface area contributed by atoms with Crippen molar-refractivity contribution in [1.29, 1.82) is 0 Å².